The van der Waals surface area contributed by atoms with Crippen LogP contribution in [0.2, 0.25) is 0 Å². The fourth-order valence-electron chi connectivity index (χ4n) is 1.14. The third-order valence-corrected chi connectivity index (χ3v) is 2.09. The van der Waals surface area contributed by atoms with Gasteiger partial charge in [-0.05, 0) is 5.56 Å². The molecule has 0 fully saturated rings. The van der Waals surface area contributed by atoms with Gasteiger partial charge in [-0.1, -0.05) is 51.1 Å². The molecule has 0 aliphatic carbocycles. The Bertz CT molecular complexity index is 221. The zero-order valence-electron chi connectivity index (χ0n) is 9.14. The van der Waals surface area contributed by atoms with Gasteiger partial charge in [0, 0.05) is 5.92 Å². The van der Waals surface area contributed by atoms with Crippen LogP contribution in [-0.4, -0.2) is 22.9 Å². The van der Waals surface area contributed by atoms with Crippen molar-refractivity contribution < 1.29 is 10.2 Å². The van der Waals surface area contributed by atoms with E-state index in [-0.39, 0.29) is 12.5 Å². The summed E-state index contributed by atoms with van der Waals surface area (Å²) in [5, 5.41) is 18.0. The van der Waals surface area contributed by atoms with E-state index in [4.69, 9.17) is 5.11 Å². The number of aliphatic hydroxyl groups is 2. The van der Waals surface area contributed by atoms with Crippen molar-refractivity contribution in [3.05, 3.63) is 35.9 Å². The molecule has 0 aliphatic rings. The predicted octanol–water partition coefficient (Wildman–Crippen LogP) is 2.17. The molecule has 0 spiro atoms. The number of hydrogen-bond donors (Lipinski definition) is 2. The van der Waals surface area contributed by atoms with Crippen LogP contribution < -0.4 is 0 Å². The van der Waals surface area contributed by atoms with E-state index in [9.17, 15) is 5.11 Å². The summed E-state index contributed by atoms with van der Waals surface area (Å²) in [6.07, 6.45) is -0.660. The highest BCUT2D eigenvalue weighted by Gasteiger charge is 2.13. The largest absolute Gasteiger partial charge is 0.394 e. The lowest BCUT2D eigenvalue weighted by Crippen LogP contribution is -2.19. The molecule has 2 unspecified atom stereocenters. The van der Waals surface area contributed by atoms with Gasteiger partial charge in [0.25, 0.3) is 0 Å². The summed E-state index contributed by atoms with van der Waals surface area (Å²) in [6, 6.07) is 9.68. The van der Waals surface area contributed by atoms with Crippen molar-refractivity contribution in [3.63, 3.8) is 0 Å². The van der Waals surface area contributed by atoms with E-state index < -0.39 is 6.10 Å². The van der Waals surface area contributed by atoms with E-state index in [1.807, 2.05) is 51.1 Å². The summed E-state index contributed by atoms with van der Waals surface area (Å²) in [4.78, 5) is 0. The number of aliphatic hydroxyl groups excluding tert-OH is 2. The molecule has 14 heavy (non-hydrogen) atoms. The Balaban J connectivity index is 0.000000791. The molecule has 2 heteroatoms. The summed E-state index contributed by atoms with van der Waals surface area (Å²) in [5.41, 5.74) is 1.05. The van der Waals surface area contributed by atoms with Crippen LogP contribution in [0.1, 0.15) is 32.3 Å². The van der Waals surface area contributed by atoms with Crippen molar-refractivity contribution in [2.24, 2.45) is 0 Å². The van der Waals surface area contributed by atoms with Crippen LogP contribution in [0.25, 0.3) is 0 Å². The normalized spacial score (nSPS) is 13.8. The molecule has 1 aromatic carbocycles. The zero-order chi connectivity index (χ0) is 11.0. The molecule has 2 N–H and O–H groups in total. The molecule has 0 heterocycles. The van der Waals surface area contributed by atoms with E-state index in [0.717, 1.165) is 5.56 Å². The first kappa shape index (κ1) is 13.1. The van der Waals surface area contributed by atoms with Gasteiger partial charge in [-0.2, -0.15) is 0 Å². The number of hydrogen-bond acceptors (Lipinski definition) is 2. The van der Waals surface area contributed by atoms with Crippen LogP contribution in [0.3, 0.4) is 0 Å². The molecule has 0 aliphatic heterocycles. The van der Waals surface area contributed by atoms with Crippen molar-refractivity contribution in [2.75, 3.05) is 6.61 Å². The summed E-state index contributed by atoms with van der Waals surface area (Å²) in [7, 11) is 0. The highest BCUT2D eigenvalue weighted by atomic mass is 16.3. The molecule has 0 saturated heterocycles. The maximum atomic E-state index is 9.33. The van der Waals surface area contributed by atoms with Crippen LogP contribution >= 0.6 is 0 Å². The zero-order valence-corrected chi connectivity index (χ0v) is 9.14. The van der Waals surface area contributed by atoms with E-state index in [2.05, 4.69) is 0 Å². The highest BCUT2D eigenvalue weighted by molar-refractivity contribution is 5.19. The van der Waals surface area contributed by atoms with E-state index in [1.54, 1.807) is 0 Å². The molecule has 1 aromatic rings. The second kappa shape index (κ2) is 7.54. The van der Waals surface area contributed by atoms with Crippen LogP contribution in [-0.2, 0) is 0 Å². The maximum Gasteiger partial charge on any atom is 0.0836 e. The van der Waals surface area contributed by atoms with Gasteiger partial charge in [-0.25, -0.2) is 0 Å². The van der Waals surface area contributed by atoms with Gasteiger partial charge in [-0.15, -0.1) is 0 Å². The Morgan fingerprint density at radius 1 is 1.14 bits per heavy atom. The first-order valence-electron chi connectivity index (χ1n) is 5.09. The highest BCUT2D eigenvalue weighted by Crippen LogP contribution is 2.17. The van der Waals surface area contributed by atoms with Crippen molar-refractivity contribution in [1.29, 1.82) is 0 Å². The van der Waals surface area contributed by atoms with Gasteiger partial charge in [-0.3, -0.25) is 0 Å². The standard InChI is InChI=1S/C10H14O2.C2H6/c1-8(10(12)7-11)9-5-3-2-4-6-9;1-2/h2-6,8,10-12H,7H2,1H3;1-2H3. The summed E-state index contributed by atoms with van der Waals surface area (Å²) < 4.78 is 0. The van der Waals surface area contributed by atoms with Crippen LogP contribution in [0.5, 0.6) is 0 Å². The van der Waals surface area contributed by atoms with Gasteiger partial charge < -0.3 is 10.2 Å². The molecule has 0 amide bonds. The molecular weight excluding hydrogens is 176 g/mol. The third kappa shape index (κ3) is 3.90. The molecule has 80 valence electrons. The predicted molar refractivity (Wildman–Crippen MR) is 59.3 cm³/mol. The first-order chi connectivity index (χ1) is 6.75. The summed E-state index contributed by atoms with van der Waals surface area (Å²) in [5.74, 6) is -0.00352. The van der Waals surface area contributed by atoms with Crippen molar-refractivity contribution in [2.45, 2.75) is 32.8 Å². The molecule has 1 rings (SSSR count). The second-order valence-electron chi connectivity index (χ2n) is 2.95. The SMILES string of the molecule is CC.CC(c1ccccc1)C(O)CO. The number of benzene rings is 1. The third-order valence-electron chi connectivity index (χ3n) is 2.09. The van der Waals surface area contributed by atoms with Gasteiger partial charge in [0.2, 0.25) is 0 Å². The Labute approximate surface area is 86.2 Å². The number of rotatable bonds is 3. The smallest absolute Gasteiger partial charge is 0.0836 e. The molecule has 0 radical (unpaired) electrons. The Hall–Kier alpha value is -0.860. The van der Waals surface area contributed by atoms with Crippen molar-refractivity contribution in [1.82, 2.24) is 0 Å². The van der Waals surface area contributed by atoms with Gasteiger partial charge in [0.15, 0.2) is 0 Å². The van der Waals surface area contributed by atoms with Gasteiger partial charge in [0.05, 0.1) is 12.7 Å². The fourth-order valence-corrected chi connectivity index (χ4v) is 1.14. The van der Waals surface area contributed by atoms with Crippen LogP contribution in [0, 0.1) is 0 Å². The average molecular weight is 196 g/mol. The van der Waals surface area contributed by atoms with Gasteiger partial charge in [0.1, 0.15) is 0 Å². The molecule has 2 atom stereocenters. The van der Waals surface area contributed by atoms with Crippen molar-refractivity contribution in [3.8, 4) is 0 Å². The fraction of sp³-hybridized carbons (Fsp3) is 0.500. The molecule has 0 aromatic heterocycles. The monoisotopic (exact) mass is 196 g/mol. The average Bonchev–Trinajstić information content (AvgIpc) is 2.31. The molecular formula is C12H20O2. The first-order valence-corrected chi connectivity index (χ1v) is 5.09. The van der Waals surface area contributed by atoms with Gasteiger partial charge >= 0.3 is 0 Å². The Morgan fingerprint density at radius 2 is 1.64 bits per heavy atom. The van der Waals surface area contributed by atoms with E-state index in [1.165, 1.54) is 0 Å². The van der Waals surface area contributed by atoms with Crippen LogP contribution in [0.15, 0.2) is 30.3 Å². The lowest BCUT2D eigenvalue weighted by atomic mass is 9.96. The van der Waals surface area contributed by atoms with Crippen molar-refractivity contribution >= 4 is 0 Å². The lowest BCUT2D eigenvalue weighted by Gasteiger charge is -2.16. The van der Waals surface area contributed by atoms with E-state index >= 15 is 0 Å². The van der Waals surface area contributed by atoms with E-state index in [0.29, 0.717) is 0 Å². The minimum atomic E-state index is -0.660. The molecule has 2 nitrogen and oxygen atoms in total. The lowest BCUT2D eigenvalue weighted by molar-refractivity contribution is 0.0772. The second-order valence-corrected chi connectivity index (χ2v) is 2.95. The molecule has 0 bridgehead atoms. The Kier molecular flexibility index (Phi) is 7.07. The summed E-state index contributed by atoms with van der Waals surface area (Å²) in [6.45, 7) is 5.71. The minimum Gasteiger partial charge on any atom is -0.394 e. The summed E-state index contributed by atoms with van der Waals surface area (Å²) >= 11 is 0. The maximum absolute atomic E-state index is 9.33. The topological polar surface area (TPSA) is 40.5 Å². The quantitative estimate of drug-likeness (QED) is 0.777. The van der Waals surface area contributed by atoms with Crippen LogP contribution in [0.4, 0.5) is 0 Å². The Morgan fingerprint density at radius 3 is 2.07 bits per heavy atom. The minimum absolute atomic E-state index is 0.00352. The molecule has 0 saturated carbocycles.